The molecule has 2 atom stereocenters. The fourth-order valence-corrected chi connectivity index (χ4v) is 3.49. The molecule has 0 spiro atoms. The van der Waals surface area contributed by atoms with Crippen LogP contribution in [0.25, 0.3) is 0 Å². The van der Waals surface area contributed by atoms with Crippen LogP contribution in [-0.4, -0.2) is 32.9 Å². The maximum absolute atomic E-state index is 13.5. The van der Waals surface area contributed by atoms with Crippen molar-refractivity contribution < 1.29 is 26.7 Å². The molecule has 0 aliphatic carbocycles. The Balaban J connectivity index is 2.20. The minimum Gasteiger partial charge on any atom is -0.466 e. The Labute approximate surface area is 126 Å². The third-order valence-corrected chi connectivity index (χ3v) is 4.66. The van der Waals surface area contributed by atoms with E-state index >= 15 is 0 Å². The van der Waals surface area contributed by atoms with Crippen molar-refractivity contribution in [3.63, 3.8) is 0 Å². The van der Waals surface area contributed by atoms with Crippen molar-refractivity contribution in [3.05, 3.63) is 29.8 Å². The van der Waals surface area contributed by atoms with E-state index in [0.717, 1.165) is 12.1 Å². The number of hydrogen-bond acceptors (Lipinski definition) is 6. The SMILES string of the molecule is CCOC(=O)C1CNNC1S(=O)(=O)Nc1ccc(F)cc1F. The van der Waals surface area contributed by atoms with E-state index < -0.39 is 44.6 Å². The van der Waals surface area contributed by atoms with Crippen molar-refractivity contribution in [3.8, 4) is 0 Å². The summed E-state index contributed by atoms with van der Waals surface area (Å²) in [6.07, 6.45) is 0. The van der Waals surface area contributed by atoms with Gasteiger partial charge in [0.25, 0.3) is 10.0 Å². The lowest BCUT2D eigenvalue weighted by Crippen LogP contribution is -2.44. The molecule has 0 radical (unpaired) electrons. The Morgan fingerprint density at radius 3 is 2.82 bits per heavy atom. The topological polar surface area (TPSA) is 96.5 Å². The number of anilines is 1. The van der Waals surface area contributed by atoms with Gasteiger partial charge in [-0.3, -0.25) is 14.9 Å². The molecule has 1 aromatic rings. The maximum atomic E-state index is 13.5. The molecule has 1 aliphatic rings. The summed E-state index contributed by atoms with van der Waals surface area (Å²) in [5, 5.41) is -1.34. The third-order valence-electron chi connectivity index (χ3n) is 3.04. The van der Waals surface area contributed by atoms with E-state index in [1.807, 2.05) is 4.72 Å². The van der Waals surface area contributed by atoms with Gasteiger partial charge in [0.05, 0.1) is 12.3 Å². The molecule has 0 aromatic heterocycles. The lowest BCUT2D eigenvalue weighted by Gasteiger charge is -2.18. The first-order valence-corrected chi connectivity index (χ1v) is 8.01. The Hall–Kier alpha value is -1.78. The summed E-state index contributed by atoms with van der Waals surface area (Å²) in [6, 6.07) is 2.44. The van der Waals surface area contributed by atoms with Crippen LogP contribution >= 0.6 is 0 Å². The highest BCUT2D eigenvalue weighted by atomic mass is 32.2. The third kappa shape index (κ3) is 3.51. The number of halogens is 2. The first-order chi connectivity index (χ1) is 10.3. The molecule has 0 bridgehead atoms. The molecule has 2 rings (SSSR count). The molecule has 0 saturated carbocycles. The Bertz CT molecular complexity index is 668. The normalized spacial score (nSPS) is 21.6. The highest BCUT2D eigenvalue weighted by Gasteiger charge is 2.43. The summed E-state index contributed by atoms with van der Waals surface area (Å²) >= 11 is 0. The van der Waals surface area contributed by atoms with E-state index in [9.17, 15) is 22.0 Å². The number of nitrogens with one attached hydrogen (secondary N) is 3. The van der Waals surface area contributed by atoms with Crippen molar-refractivity contribution in [2.75, 3.05) is 17.9 Å². The molecule has 122 valence electrons. The van der Waals surface area contributed by atoms with Gasteiger partial charge < -0.3 is 4.74 Å². The molecule has 1 aromatic carbocycles. The number of hydrazine groups is 1. The molecule has 7 nitrogen and oxygen atoms in total. The molecule has 0 amide bonds. The molecule has 1 fully saturated rings. The largest absolute Gasteiger partial charge is 0.466 e. The van der Waals surface area contributed by atoms with Crippen molar-refractivity contribution in [2.24, 2.45) is 5.92 Å². The average molecular weight is 335 g/mol. The van der Waals surface area contributed by atoms with Crippen molar-refractivity contribution in [1.29, 1.82) is 0 Å². The van der Waals surface area contributed by atoms with Gasteiger partial charge >= 0.3 is 5.97 Å². The molecule has 1 aliphatic heterocycles. The lowest BCUT2D eigenvalue weighted by molar-refractivity contribution is -0.147. The molecule has 2 unspecified atom stereocenters. The number of carbonyl (C=O) groups excluding carboxylic acids is 1. The Kier molecular flexibility index (Phi) is 4.94. The van der Waals surface area contributed by atoms with Gasteiger partial charge in [-0.25, -0.2) is 22.6 Å². The van der Waals surface area contributed by atoms with Crippen LogP contribution in [0.5, 0.6) is 0 Å². The summed E-state index contributed by atoms with van der Waals surface area (Å²) in [5.41, 5.74) is 4.59. The summed E-state index contributed by atoms with van der Waals surface area (Å²) in [7, 11) is -4.15. The number of esters is 1. The first kappa shape index (κ1) is 16.6. The zero-order valence-corrected chi connectivity index (χ0v) is 12.4. The van der Waals surface area contributed by atoms with Crippen molar-refractivity contribution in [2.45, 2.75) is 12.3 Å². The second kappa shape index (κ2) is 6.55. The summed E-state index contributed by atoms with van der Waals surface area (Å²) in [5.74, 6) is -3.55. The fourth-order valence-electron chi connectivity index (χ4n) is 2.02. The van der Waals surface area contributed by atoms with Crippen LogP contribution in [0.1, 0.15) is 6.92 Å². The molecule has 10 heteroatoms. The second-order valence-electron chi connectivity index (χ2n) is 4.58. The zero-order chi connectivity index (χ0) is 16.3. The molecule has 22 heavy (non-hydrogen) atoms. The minimum atomic E-state index is -4.15. The highest BCUT2D eigenvalue weighted by Crippen LogP contribution is 2.21. The fraction of sp³-hybridized carbons (Fsp3) is 0.417. The van der Waals surface area contributed by atoms with Gasteiger partial charge in [0.15, 0.2) is 5.37 Å². The van der Waals surface area contributed by atoms with Gasteiger partial charge in [0.2, 0.25) is 0 Å². The predicted octanol–water partition coefficient (Wildman–Crippen LogP) is 0.320. The molecule has 1 saturated heterocycles. The van der Waals surface area contributed by atoms with Gasteiger partial charge in [0, 0.05) is 12.6 Å². The van der Waals surface area contributed by atoms with Crippen LogP contribution in [0, 0.1) is 17.6 Å². The van der Waals surface area contributed by atoms with Crippen LogP contribution in [-0.2, 0) is 19.6 Å². The van der Waals surface area contributed by atoms with E-state index in [1.165, 1.54) is 0 Å². The Morgan fingerprint density at radius 2 is 2.18 bits per heavy atom. The number of sulfonamides is 1. The van der Waals surface area contributed by atoms with Crippen molar-refractivity contribution in [1.82, 2.24) is 10.9 Å². The molecule has 1 heterocycles. The lowest BCUT2D eigenvalue weighted by atomic mass is 10.2. The van der Waals surface area contributed by atoms with E-state index in [-0.39, 0.29) is 13.2 Å². The maximum Gasteiger partial charge on any atom is 0.313 e. The summed E-state index contributed by atoms with van der Waals surface area (Å²) in [6.45, 7) is 1.77. The van der Waals surface area contributed by atoms with Crippen LogP contribution in [0.15, 0.2) is 18.2 Å². The van der Waals surface area contributed by atoms with E-state index in [2.05, 4.69) is 10.9 Å². The molecular weight excluding hydrogens is 320 g/mol. The van der Waals surface area contributed by atoms with Gasteiger partial charge in [-0.05, 0) is 19.1 Å². The smallest absolute Gasteiger partial charge is 0.313 e. The number of rotatable bonds is 5. The number of carbonyl (C=O) groups is 1. The second-order valence-corrected chi connectivity index (χ2v) is 6.38. The standard InChI is InChI=1S/C12H15F2N3O4S/c1-2-21-12(18)8-6-15-16-11(8)22(19,20)17-10-4-3-7(13)5-9(10)14/h3-5,8,11,15-17H,2,6H2,1H3. The zero-order valence-electron chi connectivity index (χ0n) is 11.6. The Morgan fingerprint density at radius 1 is 1.45 bits per heavy atom. The van der Waals surface area contributed by atoms with Gasteiger partial charge in [0.1, 0.15) is 17.6 Å². The average Bonchev–Trinajstić information content (AvgIpc) is 2.92. The van der Waals surface area contributed by atoms with Crippen LogP contribution in [0.2, 0.25) is 0 Å². The van der Waals surface area contributed by atoms with Crippen LogP contribution in [0.4, 0.5) is 14.5 Å². The molecular formula is C12H15F2N3O4S. The summed E-state index contributed by atoms with van der Waals surface area (Å²) < 4.78 is 57.7. The van der Waals surface area contributed by atoms with E-state index in [4.69, 9.17) is 4.74 Å². The van der Waals surface area contributed by atoms with Crippen LogP contribution in [0.3, 0.4) is 0 Å². The van der Waals surface area contributed by atoms with E-state index in [0.29, 0.717) is 6.07 Å². The summed E-state index contributed by atoms with van der Waals surface area (Å²) in [4.78, 5) is 11.7. The van der Waals surface area contributed by atoms with Gasteiger partial charge in [-0.2, -0.15) is 0 Å². The van der Waals surface area contributed by atoms with Crippen LogP contribution < -0.4 is 15.6 Å². The number of ether oxygens (including phenoxy) is 1. The predicted molar refractivity (Wildman–Crippen MR) is 73.9 cm³/mol. The quantitative estimate of drug-likeness (QED) is 0.671. The van der Waals surface area contributed by atoms with Gasteiger partial charge in [-0.1, -0.05) is 0 Å². The first-order valence-electron chi connectivity index (χ1n) is 6.47. The number of benzene rings is 1. The number of hydrogen-bond donors (Lipinski definition) is 3. The van der Waals surface area contributed by atoms with Gasteiger partial charge in [-0.15, -0.1) is 0 Å². The monoisotopic (exact) mass is 335 g/mol. The van der Waals surface area contributed by atoms with Crippen molar-refractivity contribution >= 4 is 21.7 Å². The van der Waals surface area contributed by atoms with E-state index in [1.54, 1.807) is 6.92 Å². The minimum absolute atomic E-state index is 0.0519. The highest BCUT2D eigenvalue weighted by molar-refractivity contribution is 7.93. The molecule has 3 N–H and O–H groups in total.